The molecule has 4 aromatic rings. The van der Waals surface area contributed by atoms with Gasteiger partial charge < -0.3 is 25.0 Å². The van der Waals surface area contributed by atoms with E-state index >= 15 is 0 Å². The highest BCUT2D eigenvalue weighted by atomic mass is 16.5. The molecule has 1 saturated heterocycles. The van der Waals surface area contributed by atoms with Crippen molar-refractivity contribution < 1.29 is 19.1 Å². The molecule has 1 aliphatic heterocycles. The minimum Gasteiger partial charge on any atom is -0.443 e. The van der Waals surface area contributed by atoms with E-state index in [0.717, 1.165) is 38.4 Å². The van der Waals surface area contributed by atoms with Crippen LogP contribution in [0.25, 0.3) is 11.0 Å². The second kappa shape index (κ2) is 13.8. The molecule has 2 N–H and O–H groups in total. The molecule has 0 spiro atoms. The van der Waals surface area contributed by atoms with E-state index in [9.17, 15) is 9.59 Å². The number of hydrogen-bond donors (Lipinski definition) is 2. The van der Waals surface area contributed by atoms with Gasteiger partial charge in [0.15, 0.2) is 12.4 Å². The average Bonchev–Trinajstić information content (AvgIpc) is 3.43. The second-order valence-corrected chi connectivity index (χ2v) is 12.0. The minimum atomic E-state index is -0.639. The van der Waals surface area contributed by atoms with Crippen LogP contribution in [0.2, 0.25) is 0 Å². The summed E-state index contributed by atoms with van der Waals surface area (Å²) < 4.78 is 13.6. The van der Waals surface area contributed by atoms with Crippen LogP contribution >= 0.6 is 0 Å². The van der Waals surface area contributed by atoms with E-state index in [1.54, 1.807) is 35.0 Å². The maximum Gasteiger partial charge on any atom is 0.312 e. The molecular formula is C34H41N7O4. The number of nitrogens with zero attached hydrogens (tertiary/aromatic N) is 5. The standard InChI is InChI=1S/C34H41N7O4/c1-6-16-39-18-20-40(21-19-39)26-13-11-24(12-14-26)36-33-37-30-28(15-17-41(30)23-44-32(43)34(3,4)5)31(38-33)45-27-10-8-9-25(22-27)35-29(42)7-2/h7-15,17,22H,2,6,16,18-21,23H2,1,3-5H3,(H,35,42)(H,36,37,38). The highest BCUT2D eigenvalue weighted by Crippen LogP contribution is 2.32. The highest BCUT2D eigenvalue weighted by Gasteiger charge is 2.24. The number of nitrogens with one attached hydrogen (secondary N) is 2. The normalized spacial score (nSPS) is 13.8. The molecule has 0 unspecified atom stereocenters. The Balaban J connectivity index is 1.40. The van der Waals surface area contributed by atoms with Crippen LogP contribution in [0.4, 0.5) is 23.0 Å². The maximum absolute atomic E-state index is 12.5. The smallest absolute Gasteiger partial charge is 0.312 e. The van der Waals surface area contributed by atoms with Gasteiger partial charge in [0, 0.05) is 55.5 Å². The molecule has 1 fully saturated rings. The number of aromatic nitrogens is 3. The lowest BCUT2D eigenvalue weighted by atomic mass is 9.98. The van der Waals surface area contributed by atoms with Crippen LogP contribution in [0.1, 0.15) is 34.1 Å². The Kier molecular flexibility index (Phi) is 9.68. The molecule has 236 valence electrons. The first-order chi connectivity index (χ1) is 21.6. The largest absolute Gasteiger partial charge is 0.443 e. The van der Waals surface area contributed by atoms with Crippen LogP contribution in [-0.4, -0.2) is 64.0 Å². The number of ether oxygens (including phenoxy) is 2. The first kappa shape index (κ1) is 31.5. The number of fused-ring (bicyclic) bond motifs is 1. The topological polar surface area (TPSA) is 114 Å². The van der Waals surface area contributed by atoms with E-state index in [0.29, 0.717) is 34.3 Å². The number of piperazine rings is 1. The lowest BCUT2D eigenvalue weighted by molar-refractivity contribution is -0.156. The van der Waals surface area contributed by atoms with Crippen LogP contribution in [-0.2, 0) is 21.1 Å². The Morgan fingerprint density at radius 3 is 2.44 bits per heavy atom. The SMILES string of the molecule is C=CC(=O)Nc1cccc(Oc2nc(Nc3ccc(N4CCN(CCC)CC4)cc3)nc3c2ccn3COC(=O)C(C)(C)C)c1. The fourth-order valence-corrected chi connectivity index (χ4v) is 4.99. The first-order valence-electron chi connectivity index (χ1n) is 15.2. The van der Waals surface area contributed by atoms with Crippen LogP contribution in [0.3, 0.4) is 0 Å². The third-order valence-electron chi connectivity index (χ3n) is 7.43. The molecule has 0 bridgehead atoms. The summed E-state index contributed by atoms with van der Waals surface area (Å²) in [5, 5.41) is 6.68. The fourth-order valence-electron chi connectivity index (χ4n) is 4.99. The monoisotopic (exact) mass is 611 g/mol. The summed E-state index contributed by atoms with van der Waals surface area (Å²) in [5.74, 6) is 0.445. The molecule has 0 saturated carbocycles. The summed E-state index contributed by atoms with van der Waals surface area (Å²) in [6, 6.07) is 17.0. The zero-order valence-electron chi connectivity index (χ0n) is 26.4. The molecule has 0 atom stereocenters. The summed E-state index contributed by atoms with van der Waals surface area (Å²) >= 11 is 0. The molecule has 2 aromatic heterocycles. The van der Waals surface area contributed by atoms with Crippen molar-refractivity contribution in [3.63, 3.8) is 0 Å². The van der Waals surface area contributed by atoms with Gasteiger partial charge in [-0.3, -0.25) is 19.1 Å². The first-order valence-corrected chi connectivity index (χ1v) is 15.2. The van der Waals surface area contributed by atoms with Crippen LogP contribution in [0.15, 0.2) is 73.4 Å². The molecule has 1 amide bonds. The van der Waals surface area contributed by atoms with Crippen LogP contribution < -0.4 is 20.3 Å². The molecule has 3 heterocycles. The summed E-state index contributed by atoms with van der Waals surface area (Å²) in [4.78, 5) is 38.7. The van der Waals surface area contributed by atoms with Crippen LogP contribution in [0, 0.1) is 5.41 Å². The quantitative estimate of drug-likeness (QED) is 0.152. The predicted molar refractivity (Wildman–Crippen MR) is 177 cm³/mol. The Hall–Kier alpha value is -4.90. The minimum absolute atomic E-state index is 0.0151. The number of hydrogen-bond acceptors (Lipinski definition) is 9. The molecule has 45 heavy (non-hydrogen) atoms. The lowest BCUT2D eigenvalue weighted by Gasteiger charge is -2.36. The predicted octanol–water partition coefficient (Wildman–Crippen LogP) is 6.17. The fraction of sp³-hybridized carbons (Fsp3) is 0.353. The summed E-state index contributed by atoms with van der Waals surface area (Å²) in [6.07, 6.45) is 4.16. The van der Waals surface area contributed by atoms with Crippen molar-refractivity contribution in [2.75, 3.05) is 48.3 Å². The summed E-state index contributed by atoms with van der Waals surface area (Å²) in [6.45, 7) is 16.4. The third kappa shape index (κ3) is 7.98. The molecule has 0 aliphatic carbocycles. The lowest BCUT2D eigenvalue weighted by Crippen LogP contribution is -2.46. The van der Waals surface area contributed by atoms with Crippen molar-refractivity contribution in [2.24, 2.45) is 5.41 Å². The number of rotatable bonds is 11. The van der Waals surface area contributed by atoms with E-state index < -0.39 is 5.41 Å². The third-order valence-corrected chi connectivity index (χ3v) is 7.43. The van der Waals surface area contributed by atoms with E-state index in [1.807, 2.05) is 39.0 Å². The van der Waals surface area contributed by atoms with Crippen molar-refractivity contribution in [2.45, 2.75) is 40.8 Å². The molecule has 0 radical (unpaired) electrons. The molecule has 1 aliphatic rings. The van der Waals surface area contributed by atoms with Crippen LogP contribution in [0.5, 0.6) is 11.6 Å². The van der Waals surface area contributed by atoms with Gasteiger partial charge in [0.2, 0.25) is 17.7 Å². The Labute approximate surface area is 263 Å². The van der Waals surface area contributed by atoms with Gasteiger partial charge in [-0.1, -0.05) is 19.6 Å². The molecule has 5 rings (SSSR count). The average molecular weight is 612 g/mol. The Morgan fingerprint density at radius 2 is 1.76 bits per heavy atom. The van der Waals surface area contributed by atoms with Crippen molar-refractivity contribution in [3.8, 4) is 11.6 Å². The van der Waals surface area contributed by atoms with Gasteiger partial charge in [-0.05, 0) is 82.3 Å². The van der Waals surface area contributed by atoms with Gasteiger partial charge >= 0.3 is 5.97 Å². The number of esters is 1. The van der Waals surface area contributed by atoms with Gasteiger partial charge in [0.1, 0.15) is 5.75 Å². The summed E-state index contributed by atoms with van der Waals surface area (Å²) in [7, 11) is 0. The number of amides is 1. The zero-order valence-corrected chi connectivity index (χ0v) is 26.4. The van der Waals surface area contributed by atoms with Crippen molar-refractivity contribution in [1.82, 2.24) is 19.4 Å². The summed E-state index contributed by atoms with van der Waals surface area (Å²) in [5.41, 5.74) is 2.44. The van der Waals surface area contributed by atoms with Gasteiger partial charge in [-0.2, -0.15) is 9.97 Å². The molecule has 11 nitrogen and oxygen atoms in total. The van der Waals surface area contributed by atoms with Gasteiger partial charge in [0.25, 0.3) is 0 Å². The zero-order chi connectivity index (χ0) is 32.0. The number of benzene rings is 2. The van der Waals surface area contributed by atoms with Crippen molar-refractivity contribution in [3.05, 3.63) is 73.4 Å². The van der Waals surface area contributed by atoms with Crippen molar-refractivity contribution in [1.29, 1.82) is 0 Å². The molecular weight excluding hydrogens is 570 g/mol. The van der Waals surface area contributed by atoms with E-state index in [1.165, 1.54) is 18.2 Å². The van der Waals surface area contributed by atoms with Gasteiger partial charge in [0.05, 0.1) is 10.8 Å². The van der Waals surface area contributed by atoms with E-state index in [4.69, 9.17) is 19.4 Å². The second-order valence-electron chi connectivity index (χ2n) is 12.0. The molecule has 11 heteroatoms. The number of carbonyl (C=O) groups excluding carboxylic acids is 2. The Bertz CT molecular complexity index is 1650. The van der Waals surface area contributed by atoms with E-state index in [2.05, 4.69) is 46.1 Å². The van der Waals surface area contributed by atoms with E-state index in [-0.39, 0.29) is 18.6 Å². The van der Waals surface area contributed by atoms with Gasteiger partial charge in [-0.25, -0.2) is 0 Å². The molecule has 2 aromatic carbocycles. The maximum atomic E-state index is 12.5. The Morgan fingerprint density at radius 1 is 1.00 bits per heavy atom. The highest BCUT2D eigenvalue weighted by molar-refractivity contribution is 5.99. The van der Waals surface area contributed by atoms with Crippen molar-refractivity contribution >= 4 is 45.9 Å². The number of carbonyl (C=O) groups is 2. The number of anilines is 4. The van der Waals surface area contributed by atoms with Gasteiger partial charge in [-0.15, -0.1) is 0 Å².